The second-order valence-electron chi connectivity index (χ2n) is 1.90. The fourth-order valence-electron chi connectivity index (χ4n) is 0.449. The van der Waals surface area contributed by atoms with Gasteiger partial charge in [0.05, 0.1) is 0 Å². The fourth-order valence-corrected chi connectivity index (χ4v) is 1.35. The van der Waals surface area contributed by atoms with Gasteiger partial charge in [0.2, 0.25) is 0 Å². The molecule has 0 fully saturated rings. The zero-order valence-corrected chi connectivity index (χ0v) is 6.73. The predicted molar refractivity (Wildman–Crippen MR) is 36.6 cm³/mol. The van der Waals surface area contributed by atoms with Crippen molar-refractivity contribution < 1.29 is 14.0 Å². The molecule has 0 aliphatic carbocycles. The average molecular weight is 152 g/mol. The summed E-state index contributed by atoms with van der Waals surface area (Å²) in [6.07, 6.45) is 1.95. The summed E-state index contributed by atoms with van der Waals surface area (Å²) in [6, 6.07) is 0. The third-order valence-electron chi connectivity index (χ3n) is 1.08. The van der Waals surface area contributed by atoms with Gasteiger partial charge in [-0.1, -0.05) is 13.3 Å². The van der Waals surface area contributed by atoms with E-state index in [2.05, 4.69) is 4.52 Å². The lowest BCUT2D eigenvalue weighted by Crippen LogP contribution is -1.89. The molecule has 0 aromatic carbocycles. The first kappa shape index (κ1) is 9.15. The van der Waals surface area contributed by atoms with E-state index in [0.29, 0.717) is 0 Å². The molecule has 0 aliphatic rings. The zero-order chi connectivity index (χ0) is 7.33. The van der Waals surface area contributed by atoms with Crippen molar-refractivity contribution in [2.75, 3.05) is 13.3 Å². The van der Waals surface area contributed by atoms with Crippen LogP contribution in [0.5, 0.6) is 0 Å². The lowest BCUT2D eigenvalue weighted by Gasteiger charge is -2.05. The number of hydrogen-bond donors (Lipinski definition) is 1. The third kappa shape index (κ3) is 4.64. The molecule has 0 rings (SSSR count). The Morgan fingerprint density at radius 3 is 2.56 bits per heavy atom. The van der Waals surface area contributed by atoms with Gasteiger partial charge in [0.15, 0.2) is 0 Å². The van der Waals surface area contributed by atoms with Crippen molar-refractivity contribution >= 4 is 7.60 Å². The molecule has 0 spiro atoms. The maximum Gasteiger partial charge on any atom is 0.327 e. The van der Waals surface area contributed by atoms with Gasteiger partial charge in [-0.3, -0.25) is 4.57 Å². The molecule has 0 aliphatic heterocycles. The molecule has 0 radical (unpaired) electrons. The van der Waals surface area contributed by atoms with Gasteiger partial charge in [0.25, 0.3) is 0 Å². The molecule has 1 atom stereocenters. The van der Waals surface area contributed by atoms with Gasteiger partial charge in [-0.15, -0.1) is 0 Å². The summed E-state index contributed by atoms with van der Waals surface area (Å²) in [4.78, 5) is 8.79. The van der Waals surface area contributed by atoms with E-state index in [4.69, 9.17) is 4.89 Å². The van der Waals surface area contributed by atoms with Crippen LogP contribution in [0.4, 0.5) is 0 Å². The maximum absolute atomic E-state index is 10.7. The summed E-state index contributed by atoms with van der Waals surface area (Å²) in [5, 5.41) is 0. The van der Waals surface area contributed by atoms with Crippen LogP contribution in [0.25, 0.3) is 0 Å². The highest BCUT2D eigenvalue weighted by Gasteiger charge is 2.14. The molecule has 0 aromatic rings. The Hall–Kier alpha value is 0.150. The molecule has 56 valence electrons. The van der Waals surface area contributed by atoms with Crippen LogP contribution in [0, 0.1) is 0 Å². The van der Waals surface area contributed by atoms with Crippen LogP contribution in [-0.2, 0) is 9.09 Å². The van der Waals surface area contributed by atoms with E-state index in [9.17, 15) is 4.57 Å². The minimum Gasteiger partial charge on any atom is -0.324 e. The number of rotatable bonds is 4. The smallest absolute Gasteiger partial charge is 0.324 e. The average Bonchev–Trinajstić information content (AvgIpc) is 1.84. The quantitative estimate of drug-likeness (QED) is 0.622. The van der Waals surface area contributed by atoms with Crippen molar-refractivity contribution in [3.8, 4) is 0 Å². The van der Waals surface area contributed by atoms with Crippen molar-refractivity contribution in [1.82, 2.24) is 0 Å². The Labute approximate surface area is 55.6 Å². The van der Waals surface area contributed by atoms with E-state index in [0.717, 1.165) is 12.8 Å². The summed E-state index contributed by atoms with van der Waals surface area (Å²) >= 11 is 0. The van der Waals surface area contributed by atoms with Gasteiger partial charge in [-0.2, -0.15) is 0 Å². The van der Waals surface area contributed by atoms with Gasteiger partial charge in [0, 0.05) is 13.3 Å². The fraction of sp³-hybridized carbons (Fsp3) is 1.00. The summed E-state index contributed by atoms with van der Waals surface area (Å²) in [7, 11) is -1.93. The van der Waals surface area contributed by atoms with Crippen molar-refractivity contribution in [1.29, 1.82) is 0 Å². The highest BCUT2D eigenvalue weighted by molar-refractivity contribution is 7.52. The highest BCUT2D eigenvalue weighted by Crippen LogP contribution is 2.41. The van der Waals surface area contributed by atoms with Crippen molar-refractivity contribution in [3.05, 3.63) is 0 Å². The Kier molecular flexibility index (Phi) is 4.11. The van der Waals surface area contributed by atoms with Gasteiger partial charge < -0.3 is 9.42 Å². The Morgan fingerprint density at radius 1 is 1.67 bits per heavy atom. The van der Waals surface area contributed by atoms with Crippen LogP contribution in [0.2, 0.25) is 0 Å². The second-order valence-corrected chi connectivity index (χ2v) is 3.98. The van der Waals surface area contributed by atoms with Crippen LogP contribution in [-0.4, -0.2) is 18.2 Å². The largest absolute Gasteiger partial charge is 0.327 e. The molecule has 0 bridgehead atoms. The summed E-state index contributed by atoms with van der Waals surface area (Å²) in [5.74, 6) is 0. The van der Waals surface area contributed by atoms with Crippen LogP contribution in [0.15, 0.2) is 0 Å². The van der Waals surface area contributed by atoms with Crippen LogP contribution in [0.3, 0.4) is 0 Å². The summed E-state index contributed by atoms with van der Waals surface area (Å²) < 4.78 is 15.0. The standard InChI is InChI=1S/C5H13O3P/c1-3-4-5-9(6,7)8-2/h3-5H2,1-2H3,(H,6,7). The molecule has 1 unspecified atom stereocenters. The van der Waals surface area contributed by atoms with E-state index < -0.39 is 7.60 Å². The van der Waals surface area contributed by atoms with Gasteiger partial charge in [0.1, 0.15) is 0 Å². The normalized spacial score (nSPS) is 17.2. The molecule has 9 heavy (non-hydrogen) atoms. The minimum absolute atomic E-state index is 0.278. The summed E-state index contributed by atoms with van der Waals surface area (Å²) in [5.41, 5.74) is 0. The molecule has 0 heterocycles. The molecule has 4 heteroatoms. The third-order valence-corrected chi connectivity index (χ3v) is 2.53. The first-order valence-electron chi connectivity index (χ1n) is 3.00. The van der Waals surface area contributed by atoms with Gasteiger partial charge in [-0.25, -0.2) is 0 Å². The first-order valence-corrected chi connectivity index (χ1v) is 4.76. The molecular weight excluding hydrogens is 139 g/mol. The molecular formula is C5H13O3P. The van der Waals surface area contributed by atoms with Gasteiger partial charge >= 0.3 is 7.60 Å². The SMILES string of the molecule is CCCCP(=O)(O)OC. The van der Waals surface area contributed by atoms with Crippen LogP contribution < -0.4 is 0 Å². The van der Waals surface area contributed by atoms with Crippen molar-refractivity contribution in [3.63, 3.8) is 0 Å². The first-order chi connectivity index (χ1) is 4.12. The topological polar surface area (TPSA) is 46.5 Å². The maximum atomic E-state index is 10.7. The van der Waals surface area contributed by atoms with Crippen molar-refractivity contribution in [2.24, 2.45) is 0 Å². The second kappa shape index (κ2) is 4.04. The molecule has 1 N–H and O–H groups in total. The molecule has 0 saturated heterocycles. The summed E-state index contributed by atoms with van der Waals surface area (Å²) in [6.45, 7) is 1.97. The Bertz CT molecular complexity index is 113. The number of unbranched alkanes of at least 4 members (excludes halogenated alkanes) is 1. The van der Waals surface area contributed by atoms with Crippen LogP contribution >= 0.6 is 7.60 Å². The van der Waals surface area contributed by atoms with E-state index in [1.807, 2.05) is 6.92 Å². The Balaban J connectivity index is 3.46. The molecule has 0 amide bonds. The highest BCUT2D eigenvalue weighted by atomic mass is 31.2. The van der Waals surface area contributed by atoms with E-state index in [-0.39, 0.29) is 6.16 Å². The lowest BCUT2D eigenvalue weighted by molar-refractivity contribution is 0.314. The molecule has 0 saturated carbocycles. The zero-order valence-electron chi connectivity index (χ0n) is 5.83. The van der Waals surface area contributed by atoms with E-state index >= 15 is 0 Å². The van der Waals surface area contributed by atoms with E-state index in [1.54, 1.807) is 0 Å². The minimum atomic E-state index is -3.19. The molecule has 0 aromatic heterocycles. The Morgan fingerprint density at radius 2 is 2.22 bits per heavy atom. The van der Waals surface area contributed by atoms with E-state index in [1.165, 1.54) is 7.11 Å². The predicted octanol–water partition coefficient (Wildman–Crippen LogP) is 1.62. The van der Waals surface area contributed by atoms with Crippen molar-refractivity contribution in [2.45, 2.75) is 19.8 Å². The lowest BCUT2D eigenvalue weighted by atomic mass is 10.4. The van der Waals surface area contributed by atoms with Gasteiger partial charge in [-0.05, 0) is 6.42 Å². The monoisotopic (exact) mass is 152 g/mol. The number of hydrogen-bond acceptors (Lipinski definition) is 2. The molecule has 3 nitrogen and oxygen atoms in total. The van der Waals surface area contributed by atoms with Crippen LogP contribution in [0.1, 0.15) is 19.8 Å².